The van der Waals surface area contributed by atoms with Crippen LogP contribution in [-0.4, -0.2) is 31.6 Å². The summed E-state index contributed by atoms with van der Waals surface area (Å²) in [5.74, 6) is 1.73. The molecule has 2 atom stereocenters. The average molecular weight is 314 g/mol. The van der Waals surface area contributed by atoms with Crippen molar-refractivity contribution in [3.63, 3.8) is 0 Å². The lowest BCUT2D eigenvalue weighted by molar-refractivity contribution is 0.278. The number of hydrogen-bond donors (Lipinski definition) is 1. The molecule has 0 radical (unpaired) electrons. The van der Waals surface area contributed by atoms with E-state index in [9.17, 15) is 4.79 Å². The largest absolute Gasteiger partial charge is 0.490 e. The van der Waals surface area contributed by atoms with E-state index in [1.54, 1.807) is 0 Å². The first-order chi connectivity index (χ1) is 11.2. The Balaban J connectivity index is 1.73. The van der Waals surface area contributed by atoms with Crippen molar-refractivity contribution in [3.8, 4) is 5.75 Å². The van der Waals surface area contributed by atoms with Gasteiger partial charge in [0.05, 0.1) is 13.7 Å². The summed E-state index contributed by atoms with van der Waals surface area (Å²) in [6.07, 6.45) is 1.38. The molecule has 0 unspecified atom stereocenters. The lowest BCUT2D eigenvalue weighted by Gasteiger charge is -2.16. The Kier molecular flexibility index (Phi) is 4.79. The highest BCUT2D eigenvalue weighted by atomic mass is 16.5. The standard InChI is InChI=1S/C18H22N2O3/c1-22-18-12-23-15(7-17(18)21)10-20-9-14(8-19)16(11-20)13-5-3-2-4-6-13/h2-7,12,14,16H,8-11,19H2,1H3/t14-,16+/m1/s1. The molecule has 5 nitrogen and oxygen atoms in total. The van der Waals surface area contributed by atoms with Crippen LogP contribution in [0.2, 0.25) is 0 Å². The molecule has 2 aromatic rings. The van der Waals surface area contributed by atoms with Gasteiger partial charge in [0, 0.05) is 25.1 Å². The Bertz CT molecular complexity index is 699. The van der Waals surface area contributed by atoms with Gasteiger partial charge in [0.1, 0.15) is 12.0 Å². The highest BCUT2D eigenvalue weighted by molar-refractivity contribution is 5.23. The molecule has 1 aromatic carbocycles. The van der Waals surface area contributed by atoms with Crippen LogP contribution in [0.25, 0.3) is 0 Å². The number of methoxy groups -OCH3 is 1. The molecule has 5 heteroatoms. The zero-order valence-corrected chi connectivity index (χ0v) is 13.3. The molecule has 1 aliphatic rings. The average Bonchev–Trinajstić information content (AvgIpc) is 2.99. The predicted octanol–water partition coefficient (Wildman–Crippen LogP) is 1.82. The second-order valence-electron chi connectivity index (χ2n) is 5.99. The van der Waals surface area contributed by atoms with Crippen LogP contribution in [0.5, 0.6) is 5.75 Å². The third-order valence-electron chi connectivity index (χ3n) is 4.50. The molecule has 2 N–H and O–H groups in total. The van der Waals surface area contributed by atoms with Gasteiger partial charge >= 0.3 is 0 Å². The molecule has 0 bridgehead atoms. The van der Waals surface area contributed by atoms with Crippen molar-refractivity contribution in [1.82, 2.24) is 4.90 Å². The fourth-order valence-electron chi connectivity index (χ4n) is 3.30. The molecule has 2 heterocycles. The van der Waals surface area contributed by atoms with E-state index in [-0.39, 0.29) is 11.2 Å². The van der Waals surface area contributed by atoms with Gasteiger partial charge in [-0.3, -0.25) is 9.69 Å². The second-order valence-corrected chi connectivity index (χ2v) is 5.99. The lowest BCUT2D eigenvalue weighted by Crippen LogP contribution is -2.23. The first-order valence-electron chi connectivity index (χ1n) is 7.84. The molecule has 0 aliphatic carbocycles. The van der Waals surface area contributed by atoms with Crippen LogP contribution in [0, 0.1) is 5.92 Å². The van der Waals surface area contributed by atoms with Crippen molar-refractivity contribution in [2.75, 3.05) is 26.7 Å². The maximum Gasteiger partial charge on any atom is 0.227 e. The molecule has 23 heavy (non-hydrogen) atoms. The molecule has 3 rings (SSSR count). The molecular formula is C18H22N2O3. The molecule has 1 saturated heterocycles. The van der Waals surface area contributed by atoms with Gasteiger partial charge in [-0.05, 0) is 18.0 Å². The Morgan fingerprint density at radius 3 is 2.74 bits per heavy atom. The summed E-state index contributed by atoms with van der Waals surface area (Å²) in [5, 5.41) is 0. The zero-order valence-electron chi connectivity index (χ0n) is 13.3. The summed E-state index contributed by atoms with van der Waals surface area (Å²) in [5.41, 5.74) is 7.13. The van der Waals surface area contributed by atoms with Gasteiger partial charge in [0.25, 0.3) is 0 Å². The number of rotatable bonds is 5. The Morgan fingerprint density at radius 2 is 2.09 bits per heavy atom. The SMILES string of the molecule is COc1coc(CN2C[C@@H](CN)[C@H](c3ccccc3)C2)cc1=O. The Labute approximate surface area is 135 Å². The third-order valence-corrected chi connectivity index (χ3v) is 4.50. The first-order valence-corrected chi connectivity index (χ1v) is 7.84. The third kappa shape index (κ3) is 3.46. The van der Waals surface area contributed by atoms with Gasteiger partial charge in [0.2, 0.25) is 11.2 Å². The lowest BCUT2D eigenvalue weighted by atomic mass is 9.89. The summed E-state index contributed by atoms with van der Waals surface area (Å²) in [6, 6.07) is 12.0. The quantitative estimate of drug-likeness (QED) is 0.912. The van der Waals surface area contributed by atoms with Gasteiger partial charge in [0.15, 0.2) is 0 Å². The maximum absolute atomic E-state index is 11.8. The minimum Gasteiger partial charge on any atom is -0.490 e. The van der Waals surface area contributed by atoms with Crippen LogP contribution in [0.1, 0.15) is 17.2 Å². The highest BCUT2D eigenvalue weighted by Crippen LogP contribution is 2.32. The van der Waals surface area contributed by atoms with E-state index < -0.39 is 0 Å². The molecule has 1 fully saturated rings. The van der Waals surface area contributed by atoms with Crippen molar-refractivity contribution in [3.05, 3.63) is 64.2 Å². The van der Waals surface area contributed by atoms with Crippen LogP contribution in [0.4, 0.5) is 0 Å². The summed E-state index contributed by atoms with van der Waals surface area (Å²) in [7, 11) is 1.46. The van der Waals surface area contributed by atoms with E-state index in [4.69, 9.17) is 14.9 Å². The first kappa shape index (κ1) is 15.8. The molecule has 0 saturated carbocycles. The van der Waals surface area contributed by atoms with Gasteiger partial charge in [-0.1, -0.05) is 30.3 Å². The normalized spacial score (nSPS) is 21.5. The number of nitrogens with two attached hydrogens (primary N) is 1. The van der Waals surface area contributed by atoms with Crippen LogP contribution in [0.15, 0.2) is 51.9 Å². The van der Waals surface area contributed by atoms with Gasteiger partial charge in [-0.2, -0.15) is 0 Å². The smallest absolute Gasteiger partial charge is 0.227 e. The molecule has 1 aromatic heterocycles. The van der Waals surface area contributed by atoms with Gasteiger partial charge in [-0.25, -0.2) is 0 Å². The molecular weight excluding hydrogens is 292 g/mol. The summed E-state index contributed by atoms with van der Waals surface area (Å²) in [4.78, 5) is 14.1. The zero-order chi connectivity index (χ0) is 16.2. The van der Waals surface area contributed by atoms with Crippen molar-refractivity contribution >= 4 is 0 Å². The summed E-state index contributed by atoms with van der Waals surface area (Å²) in [6.45, 7) is 3.09. The number of hydrogen-bond acceptors (Lipinski definition) is 5. The van der Waals surface area contributed by atoms with E-state index in [0.29, 0.717) is 30.7 Å². The number of benzene rings is 1. The Morgan fingerprint density at radius 1 is 1.30 bits per heavy atom. The maximum atomic E-state index is 11.8. The van der Waals surface area contributed by atoms with E-state index in [1.165, 1.54) is 25.0 Å². The Hall–Kier alpha value is -2.11. The van der Waals surface area contributed by atoms with Crippen LogP contribution >= 0.6 is 0 Å². The monoisotopic (exact) mass is 314 g/mol. The van der Waals surface area contributed by atoms with Crippen molar-refractivity contribution in [2.24, 2.45) is 11.7 Å². The molecule has 122 valence electrons. The van der Waals surface area contributed by atoms with E-state index in [1.807, 2.05) is 6.07 Å². The van der Waals surface area contributed by atoms with E-state index in [2.05, 4.69) is 29.2 Å². The summed E-state index contributed by atoms with van der Waals surface area (Å²) >= 11 is 0. The number of nitrogens with zero attached hydrogens (tertiary/aromatic N) is 1. The van der Waals surface area contributed by atoms with Crippen LogP contribution < -0.4 is 15.9 Å². The number of ether oxygens (including phenoxy) is 1. The van der Waals surface area contributed by atoms with Gasteiger partial charge in [-0.15, -0.1) is 0 Å². The van der Waals surface area contributed by atoms with Crippen LogP contribution in [0.3, 0.4) is 0 Å². The van der Waals surface area contributed by atoms with Crippen molar-refractivity contribution in [1.29, 1.82) is 0 Å². The van der Waals surface area contributed by atoms with Crippen molar-refractivity contribution < 1.29 is 9.15 Å². The fraction of sp³-hybridized carbons (Fsp3) is 0.389. The van der Waals surface area contributed by atoms with Crippen molar-refractivity contribution in [2.45, 2.75) is 12.5 Å². The van der Waals surface area contributed by atoms with Crippen LogP contribution in [-0.2, 0) is 6.54 Å². The second kappa shape index (κ2) is 6.98. The molecule has 1 aliphatic heterocycles. The van der Waals surface area contributed by atoms with E-state index in [0.717, 1.165) is 13.1 Å². The highest BCUT2D eigenvalue weighted by Gasteiger charge is 2.33. The van der Waals surface area contributed by atoms with Gasteiger partial charge < -0.3 is 14.9 Å². The fourth-order valence-corrected chi connectivity index (χ4v) is 3.30. The molecule has 0 spiro atoms. The summed E-state index contributed by atoms with van der Waals surface area (Å²) < 4.78 is 10.4. The number of likely N-dealkylation sites (tertiary alicyclic amines) is 1. The minimum atomic E-state index is -0.150. The predicted molar refractivity (Wildman–Crippen MR) is 88.5 cm³/mol. The van der Waals surface area contributed by atoms with E-state index >= 15 is 0 Å². The molecule has 0 amide bonds. The topological polar surface area (TPSA) is 68.7 Å². The minimum absolute atomic E-state index is 0.150.